The Hall–Kier alpha value is -2.77. The van der Waals surface area contributed by atoms with E-state index >= 15 is 0 Å². The van der Waals surface area contributed by atoms with Gasteiger partial charge in [-0.3, -0.25) is 14.4 Å². The second kappa shape index (κ2) is 8.77. The average molecular weight is 431 g/mol. The number of nitrogens with zero attached hydrogens (tertiary/aromatic N) is 1. The smallest absolute Gasteiger partial charge is 0.312 e. The van der Waals surface area contributed by atoms with Crippen LogP contribution in [0.25, 0.3) is 0 Å². The minimum atomic E-state index is -0.976. The van der Waals surface area contributed by atoms with Gasteiger partial charge in [0.25, 0.3) is 5.91 Å². The topological polar surface area (TPSA) is 94.2 Å². The van der Waals surface area contributed by atoms with E-state index in [0.717, 1.165) is 12.8 Å². The van der Waals surface area contributed by atoms with Crippen molar-refractivity contribution in [1.82, 2.24) is 4.90 Å². The summed E-state index contributed by atoms with van der Waals surface area (Å²) in [5, 5.41) is 2.72. The van der Waals surface area contributed by atoms with Gasteiger partial charge in [-0.15, -0.1) is 0 Å². The number of rotatable bonds is 5. The molecule has 1 saturated carbocycles. The molecule has 2 fully saturated rings. The van der Waals surface area contributed by atoms with E-state index in [0.29, 0.717) is 35.6 Å². The maximum Gasteiger partial charge on any atom is 0.312 e. The molecule has 0 spiro atoms. The Morgan fingerprint density at radius 3 is 2.77 bits per heavy atom. The Balaban J connectivity index is 1.31. The fourth-order valence-electron chi connectivity index (χ4n) is 4.75. The van der Waals surface area contributed by atoms with Crippen molar-refractivity contribution in [3.8, 4) is 11.5 Å². The molecular formula is C23H30N2O6. The van der Waals surface area contributed by atoms with Crippen molar-refractivity contribution in [1.29, 1.82) is 0 Å². The molecule has 0 bridgehead atoms. The highest BCUT2D eigenvalue weighted by Gasteiger charge is 2.42. The number of hydrogen-bond donors (Lipinski definition) is 1. The van der Waals surface area contributed by atoms with Crippen molar-refractivity contribution in [2.45, 2.75) is 58.6 Å². The van der Waals surface area contributed by atoms with E-state index in [1.54, 1.807) is 18.2 Å². The van der Waals surface area contributed by atoms with Crippen LogP contribution in [0.3, 0.4) is 0 Å². The first-order valence-electron chi connectivity index (χ1n) is 11.0. The highest BCUT2D eigenvalue weighted by atomic mass is 16.7. The van der Waals surface area contributed by atoms with Crippen LogP contribution in [0.15, 0.2) is 18.2 Å². The molecule has 1 aromatic rings. The highest BCUT2D eigenvalue weighted by Crippen LogP contribution is 2.36. The lowest BCUT2D eigenvalue weighted by Gasteiger charge is -2.39. The van der Waals surface area contributed by atoms with Crippen molar-refractivity contribution in [2.75, 3.05) is 18.7 Å². The number of ether oxygens (including phenoxy) is 3. The Labute approximate surface area is 182 Å². The van der Waals surface area contributed by atoms with Crippen LogP contribution in [0.2, 0.25) is 0 Å². The van der Waals surface area contributed by atoms with E-state index in [1.807, 2.05) is 4.90 Å². The maximum absolute atomic E-state index is 12.7. The zero-order chi connectivity index (χ0) is 22.1. The first-order valence-corrected chi connectivity index (χ1v) is 11.0. The van der Waals surface area contributed by atoms with Crippen LogP contribution >= 0.6 is 0 Å². The SMILES string of the molecule is C[C@H]1[C@H](N2C[C@H](C(=O)O[C@@H](C)C(=O)Nc3ccc4c(c3)OCO4)CC2=O)CCC[C@@H]1C. The van der Waals surface area contributed by atoms with Crippen LogP contribution in [0.5, 0.6) is 11.5 Å². The van der Waals surface area contributed by atoms with Gasteiger partial charge >= 0.3 is 5.97 Å². The van der Waals surface area contributed by atoms with Gasteiger partial charge in [0.05, 0.1) is 5.92 Å². The van der Waals surface area contributed by atoms with E-state index in [9.17, 15) is 14.4 Å². The molecular weight excluding hydrogens is 400 g/mol. The molecule has 1 N–H and O–H groups in total. The van der Waals surface area contributed by atoms with E-state index in [4.69, 9.17) is 14.2 Å². The molecule has 168 valence electrons. The third-order valence-corrected chi connectivity index (χ3v) is 6.86. The zero-order valence-electron chi connectivity index (χ0n) is 18.3. The molecule has 0 radical (unpaired) electrons. The van der Waals surface area contributed by atoms with Crippen molar-refractivity contribution in [2.24, 2.45) is 17.8 Å². The van der Waals surface area contributed by atoms with Crippen LogP contribution in [0.4, 0.5) is 5.69 Å². The van der Waals surface area contributed by atoms with Crippen LogP contribution in [-0.2, 0) is 19.1 Å². The lowest BCUT2D eigenvalue weighted by molar-refractivity contribution is -0.157. The summed E-state index contributed by atoms with van der Waals surface area (Å²) in [6.07, 6.45) is 2.43. The molecule has 1 aromatic carbocycles. The number of likely N-dealkylation sites (tertiary alicyclic amines) is 1. The second-order valence-corrected chi connectivity index (χ2v) is 8.92. The Kier molecular flexibility index (Phi) is 6.07. The van der Waals surface area contributed by atoms with Crippen LogP contribution in [-0.4, -0.2) is 48.2 Å². The molecule has 1 saturated heterocycles. The lowest BCUT2D eigenvalue weighted by atomic mass is 9.77. The van der Waals surface area contributed by atoms with E-state index < -0.39 is 23.9 Å². The molecule has 8 nitrogen and oxygen atoms in total. The molecule has 1 aliphatic carbocycles. The Morgan fingerprint density at radius 2 is 1.97 bits per heavy atom. The number of amides is 2. The summed E-state index contributed by atoms with van der Waals surface area (Å²) in [4.78, 5) is 39.6. The van der Waals surface area contributed by atoms with Gasteiger partial charge in [-0.25, -0.2) is 0 Å². The van der Waals surface area contributed by atoms with Crippen molar-refractivity contribution >= 4 is 23.5 Å². The van der Waals surface area contributed by atoms with Crippen LogP contribution in [0, 0.1) is 17.8 Å². The van der Waals surface area contributed by atoms with Gasteiger partial charge in [0, 0.05) is 30.8 Å². The van der Waals surface area contributed by atoms with Crippen molar-refractivity contribution in [3.05, 3.63) is 18.2 Å². The Morgan fingerprint density at radius 1 is 1.19 bits per heavy atom. The van der Waals surface area contributed by atoms with Gasteiger partial charge in [0.1, 0.15) is 0 Å². The predicted octanol–water partition coefficient (Wildman–Crippen LogP) is 2.96. The standard InChI is InChI=1S/C23H30N2O6/c1-13-5-4-6-18(14(13)2)25-11-16(9-21(25)26)23(28)31-15(3)22(27)24-17-7-8-19-20(10-17)30-12-29-19/h7-8,10,13-16,18H,4-6,9,11-12H2,1-3H3,(H,24,27)/t13-,14+,15-,16+,18+/m0/s1. The molecule has 3 aliphatic rings. The number of esters is 1. The minimum absolute atomic E-state index is 0.00497. The number of hydrogen-bond acceptors (Lipinski definition) is 6. The van der Waals surface area contributed by atoms with Gasteiger partial charge in [0.15, 0.2) is 17.6 Å². The summed E-state index contributed by atoms with van der Waals surface area (Å²) >= 11 is 0. The number of nitrogens with one attached hydrogen (secondary N) is 1. The van der Waals surface area contributed by atoms with Gasteiger partial charge in [0.2, 0.25) is 12.7 Å². The van der Waals surface area contributed by atoms with Gasteiger partial charge in [-0.2, -0.15) is 0 Å². The van der Waals surface area contributed by atoms with Gasteiger partial charge in [-0.1, -0.05) is 26.7 Å². The number of carbonyl (C=O) groups is 3. The average Bonchev–Trinajstić information content (AvgIpc) is 3.36. The molecule has 2 aliphatic heterocycles. The molecule has 8 heteroatoms. The first-order chi connectivity index (χ1) is 14.8. The fraction of sp³-hybridized carbons (Fsp3) is 0.609. The third-order valence-electron chi connectivity index (χ3n) is 6.86. The predicted molar refractivity (Wildman–Crippen MR) is 113 cm³/mol. The minimum Gasteiger partial charge on any atom is -0.454 e. The number of benzene rings is 1. The second-order valence-electron chi connectivity index (χ2n) is 8.92. The van der Waals surface area contributed by atoms with Gasteiger partial charge in [-0.05, 0) is 37.3 Å². The third kappa shape index (κ3) is 4.48. The largest absolute Gasteiger partial charge is 0.454 e. The van der Waals surface area contributed by atoms with Gasteiger partial charge < -0.3 is 24.4 Å². The number of carbonyl (C=O) groups excluding carboxylic acids is 3. The van der Waals surface area contributed by atoms with Crippen molar-refractivity contribution in [3.63, 3.8) is 0 Å². The fourth-order valence-corrected chi connectivity index (χ4v) is 4.75. The van der Waals surface area contributed by atoms with Crippen LogP contribution in [0.1, 0.15) is 46.5 Å². The summed E-state index contributed by atoms with van der Waals surface area (Å²) in [5.41, 5.74) is 0.528. The Bertz CT molecular complexity index is 872. The molecule has 5 atom stereocenters. The molecule has 31 heavy (non-hydrogen) atoms. The summed E-state index contributed by atoms with van der Waals surface area (Å²) in [6, 6.07) is 5.25. The van der Waals surface area contributed by atoms with Crippen molar-refractivity contribution < 1.29 is 28.6 Å². The summed E-state index contributed by atoms with van der Waals surface area (Å²) in [7, 11) is 0. The number of fused-ring (bicyclic) bond motifs is 1. The molecule has 4 rings (SSSR count). The normalized spacial score (nSPS) is 28.4. The van der Waals surface area contributed by atoms with E-state index in [2.05, 4.69) is 19.2 Å². The first kappa shape index (κ1) is 21.5. The molecule has 2 heterocycles. The molecule has 2 amide bonds. The molecule has 0 unspecified atom stereocenters. The zero-order valence-corrected chi connectivity index (χ0v) is 18.3. The number of anilines is 1. The van der Waals surface area contributed by atoms with E-state index in [-0.39, 0.29) is 25.2 Å². The van der Waals surface area contributed by atoms with E-state index in [1.165, 1.54) is 13.3 Å². The quantitative estimate of drug-likeness (QED) is 0.722. The molecule has 0 aromatic heterocycles. The summed E-state index contributed by atoms with van der Waals surface area (Å²) in [5.74, 6) is 0.691. The summed E-state index contributed by atoms with van der Waals surface area (Å²) < 4.78 is 16.0. The maximum atomic E-state index is 12.7. The monoisotopic (exact) mass is 430 g/mol. The summed E-state index contributed by atoms with van der Waals surface area (Å²) in [6.45, 7) is 6.46. The lowest BCUT2D eigenvalue weighted by Crippen LogP contribution is -2.45. The highest BCUT2D eigenvalue weighted by molar-refractivity contribution is 5.96. The van der Waals surface area contributed by atoms with Crippen LogP contribution < -0.4 is 14.8 Å².